The summed E-state index contributed by atoms with van der Waals surface area (Å²) in [7, 11) is 0. The Morgan fingerprint density at radius 3 is 2.38 bits per heavy atom. The van der Waals surface area contributed by atoms with Gasteiger partial charge in [0.05, 0.1) is 11.6 Å². The van der Waals surface area contributed by atoms with Gasteiger partial charge in [0.15, 0.2) is 0 Å². The molecular weight excluding hydrogens is 278 g/mol. The fourth-order valence-corrected chi connectivity index (χ4v) is 3.50. The van der Waals surface area contributed by atoms with Crippen molar-refractivity contribution in [1.82, 2.24) is 4.98 Å². The van der Waals surface area contributed by atoms with E-state index in [0.717, 1.165) is 16.1 Å². The first kappa shape index (κ1) is 14.0. The number of thiophene rings is 1. The van der Waals surface area contributed by atoms with E-state index in [9.17, 15) is 5.11 Å². The molecule has 0 aliphatic rings. The first-order valence-electron chi connectivity index (χ1n) is 6.92. The summed E-state index contributed by atoms with van der Waals surface area (Å²) >= 11 is 1.57. The standard InChI is InChI=1S/C18H17NOS/c1-18(20,16-11-7-13-21-16)17(14-8-3-2-4-9-14)15-10-5-6-12-19-15/h2-13,17,20H,1H3/t17-,18+/m1/s1. The van der Waals surface area contributed by atoms with Gasteiger partial charge >= 0.3 is 0 Å². The van der Waals surface area contributed by atoms with Crippen molar-refractivity contribution in [2.75, 3.05) is 0 Å². The van der Waals surface area contributed by atoms with Crippen LogP contribution in [0.15, 0.2) is 72.2 Å². The second kappa shape index (κ2) is 5.80. The second-order valence-corrected chi connectivity index (χ2v) is 6.17. The van der Waals surface area contributed by atoms with Gasteiger partial charge < -0.3 is 5.11 Å². The summed E-state index contributed by atoms with van der Waals surface area (Å²) in [5.41, 5.74) is 0.945. The molecule has 2 heterocycles. The lowest BCUT2D eigenvalue weighted by Gasteiger charge is -2.32. The Morgan fingerprint density at radius 2 is 1.76 bits per heavy atom. The maximum absolute atomic E-state index is 11.2. The molecule has 0 bridgehead atoms. The van der Waals surface area contributed by atoms with Crippen LogP contribution < -0.4 is 0 Å². The van der Waals surface area contributed by atoms with Gasteiger partial charge in [-0.2, -0.15) is 0 Å². The predicted molar refractivity (Wildman–Crippen MR) is 86.4 cm³/mol. The quantitative estimate of drug-likeness (QED) is 0.783. The Kier molecular flexibility index (Phi) is 3.86. The van der Waals surface area contributed by atoms with Crippen LogP contribution in [-0.4, -0.2) is 10.1 Å². The summed E-state index contributed by atoms with van der Waals surface area (Å²) in [5, 5.41) is 13.2. The molecule has 0 unspecified atom stereocenters. The van der Waals surface area contributed by atoms with Gasteiger partial charge in [-0.05, 0) is 36.1 Å². The Labute approximate surface area is 128 Å². The minimum absolute atomic E-state index is 0.196. The molecular formula is C18H17NOS. The molecule has 0 saturated carbocycles. The highest BCUT2D eigenvalue weighted by molar-refractivity contribution is 7.10. The van der Waals surface area contributed by atoms with Crippen molar-refractivity contribution < 1.29 is 5.11 Å². The summed E-state index contributed by atoms with van der Waals surface area (Å²) in [4.78, 5) is 5.42. The normalized spacial score (nSPS) is 15.3. The van der Waals surface area contributed by atoms with Crippen LogP contribution in [0, 0.1) is 0 Å². The molecule has 3 aromatic rings. The molecule has 1 N–H and O–H groups in total. The number of aromatic nitrogens is 1. The van der Waals surface area contributed by atoms with Crippen molar-refractivity contribution in [3.8, 4) is 0 Å². The topological polar surface area (TPSA) is 33.1 Å². The molecule has 0 saturated heterocycles. The van der Waals surface area contributed by atoms with Gasteiger partial charge in [0, 0.05) is 11.1 Å². The molecule has 0 amide bonds. The summed E-state index contributed by atoms with van der Waals surface area (Å²) in [6, 6.07) is 19.8. The number of hydrogen-bond acceptors (Lipinski definition) is 3. The van der Waals surface area contributed by atoms with Crippen molar-refractivity contribution in [2.24, 2.45) is 0 Å². The number of pyridine rings is 1. The van der Waals surface area contributed by atoms with E-state index in [4.69, 9.17) is 0 Å². The van der Waals surface area contributed by atoms with Crippen LogP contribution >= 0.6 is 11.3 Å². The average molecular weight is 295 g/mol. The van der Waals surface area contributed by atoms with Crippen molar-refractivity contribution in [3.63, 3.8) is 0 Å². The Morgan fingerprint density at radius 1 is 1.00 bits per heavy atom. The molecule has 0 spiro atoms. The molecule has 0 aliphatic carbocycles. The Bertz CT molecular complexity index is 638. The molecule has 2 atom stereocenters. The Hall–Kier alpha value is -1.97. The van der Waals surface area contributed by atoms with Crippen LogP contribution in [0.3, 0.4) is 0 Å². The smallest absolute Gasteiger partial charge is 0.108 e. The van der Waals surface area contributed by atoms with Crippen LogP contribution in [0.5, 0.6) is 0 Å². The first-order valence-corrected chi connectivity index (χ1v) is 7.80. The van der Waals surface area contributed by atoms with E-state index in [2.05, 4.69) is 4.98 Å². The number of hydrogen-bond donors (Lipinski definition) is 1. The van der Waals surface area contributed by atoms with Gasteiger partial charge in [-0.15, -0.1) is 11.3 Å². The first-order chi connectivity index (χ1) is 10.2. The van der Waals surface area contributed by atoms with E-state index >= 15 is 0 Å². The SMILES string of the molecule is C[C@](O)(c1cccs1)[C@H](c1ccccc1)c1ccccn1. The second-order valence-electron chi connectivity index (χ2n) is 5.22. The van der Waals surface area contributed by atoms with Crippen LogP contribution in [0.4, 0.5) is 0 Å². The molecule has 3 rings (SSSR count). The molecule has 0 radical (unpaired) electrons. The van der Waals surface area contributed by atoms with Crippen molar-refractivity contribution in [1.29, 1.82) is 0 Å². The van der Waals surface area contributed by atoms with Crippen molar-refractivity contribution in [2.45, 2.75) is 18.4 Å². The highest BCUT2D eigenvalue weighted by Crippen LogP contribution is 2.42. The zero-order chi connectivity index (χ0) is 14.7. The van der Waals surface area contributed by atoms with Crippen molar-refractivity contribution in [3.05, 3.63) is 88.4 Å². The Balaban J connectivity index is 2.13. The molecule has 2 nitrogen and oxygen atoms in total. The zero-order valence-electron chi connectivity index (χ0n) is 11.8. The van der Waals surface area contributed by atoms with E-state index in [0.29, 0.717) is 0 Å². The summed E-state index contributed by atoms with van der Waals surface area (Å²) < 4.78 is 0. The van der Waals surface area contributed by atoms with Crippen LogP contribution in [0.2, 0.25) is 0 Å². The maximum Gasteiger partial charge on any atom is 0.108 e. The van der Waals surface area contributed by atoms with Crippen molar-refractivity contribution >= 4 is 11.3 Å². The van der Waals surface area contributed by atoms with E-state index in [1.165, 1.54) is 0 Å². The minimum atomic E-state index is -0.996. The highest BCUT2D eigenvalue weighted by Gasteiger charge is 2.37. The average Bonchev–Trinajstić information content (AvgIpc) is 3.04. The predicted octanol–water partition coefficient (Wildman–Crippen LogP) is 4.18. The molecule has 3 heteroatoms. The molecule has 2 aromatic heterocycles. The zero-order valence-corrected chi connectivity index (χ0v) is 12.6. The summed E-state index contributed by atoms with van der Waals surface area (Å²) in [6.45, 7) is 1.87. The monoisotopic (exact) mass is 295 g/mol. The van der Waals surface area contributed by atoms with Crippen LogP contribution in [0.25, 0.3) is 0 Å². The van der Waals surface area contributed by atoms with Gasteiger partial charge in [-0.1, -0.05) is 42.5 Å². The third-order valence-electron chi connectivity index (χ3n) is 3.70. The molecule has 106 valence electrons. The third kappa shape index (κ3) is 2.75. The molecule has 1 aromatic carbocycles. The number of benzene rings is 1. The van der Waals surface area contributed by atoms with E-state index in [1.54, 1.807) is 17.5 Å². The number of nitrogens with zero attached hydrogens (tertiary/aromatic N) is 1. The fraction of sp³-hybridized carbons (Fsp3) is 0.167. The lowest BCUT2D eigenvalue weighted by Crippen LogP contribution is -2.30. The lowest BCUT2D eigenvalue weighted by atomic mass is 9.80. The summed E-state index contributed by atoms with van der Waals surface area (Å²) in [5.74, 6) is -0.196. The van der Waals surface area contributed by atoms with Crippen LogP contribution in [-0.2, 0) is 5.60 Å². The van der Waals surface area contributed by atoms with E-state index in [-0.39, 0.29) is 5.92 Å². The lowest BCUT2D eigenvalue weighted by molar-refractivity contribution is 0.0418. The molecule has 21 heavy (non-hydrogen) atoms. The van der Waals surface area contributed by atoms with Gasteiger partial charge in [0.25, 0.3) is 0 Å². The number of rotatable bonds is 4. The van der Waals surface area contributed by atoms with E-state index in [1.807, 2.05) is 73.0 Å². The highest BCUT2D eigenvalue weighted by atomic mass is 32.1. The van der Waals surface area contributed by atoms with Crippen LogP contribution in [0.1, 0.15) is 29.0 Å². The maximum atomic E-state index is 11.2. The molecule has 0 aliphatic heterocycles. The van der Waals surface area contributed by atoms with E-state index < -0.39 is 5.60 Å². The fourth-order valence-electron chi connectivity index (χ4n) is 2.68. The largest absolute Gasteiger partial charge is 0.384 e. The van der Waals surface area contributed by atoms with Gasteiger partial charge in [0.2, 0.25) is 0 Å². The van der Waals surface area contributed by atoms with Gasteiger partial charge in [-0.25, -0.2) is 0 Å². The minimum Gasteiger partial charge on any atom is -0.384 e. The van der Waals surface area contributed by atoms with Gasteiger partial charge in [-0.3, -0.25) is 4.98 Å². The third-order valence-corrected chi connectivity index (χ3v) is 4.80. The van der Waals surface area contributed by atoms with Gasteiger partial charge in [0.1, 0.15) is 5.60 Å². The number of aliphatic hydroxyl groups is 1. The summed E-state index contributed by atoms with van der Waals surface area (Å²) in [6.07, 6.45) is 1.77. The molecule has 0 fully saturated rings.